The van der Waals surface area contributed by atoms with Gasteiger partial charge in [-0.1, -0.05) is 24.0 Å². The third-order valence-corrected chi connectivity index (χ3v) is 6.38. The van der Waals surface area contributed by atoms with Crippen molar-refractivity contribution >= 4 is 11.8 Å². The first kappa shape index (κ1) is 20.9. The van der Waals surface area contributed by atoms with Gasteiger partial charge < -0.3 is 24.4 Å². The van der Waals surface area contributed by atoms with E-state index in [1.165, 1.54) is 0 Å². The molecule has 7 heteroatoms. The highest BCUT2D eigenvalue weighted by atomic mass is 16.5. The molecule has 0 saturated carbocycles. The summed E-state index contributed by atoms with van der Waals surface area (Å²) in [6.07, 6.45) is 1.43. The van der Waals surface area contributed by atoms with E-state index in [9.17, 15) is 14.7 Å². The second-order valence-electron chi connectivity index (χ2n) is 8.11. The van der Waals surface area contributed by atoms with Gasteiger partial charge in [-0.15, -0.1) is 0 Å². The van der Waals surface area contributed by atoms with Gasteiger partial charge in [-0.2, -0.15) is 0 Å². The molecule has 0 spiro atoms. The second-order valence-corrected chi connectivity index (χ2v) is 8.11. The SMILES string of the molecule is COCC#Cc1ccc([C@@H]2[C@@H](CO)N3C(=O)CN(C(=O)C4CCOCC4)C[C@@H]23)cc1. The topological polar surface area (TPSA) is 79.3 Å². The highest BCUT2D eigenvalue weighted by Gasteiger charge is 2.54. The summed E-state index contributed by atoms with van der Waals surface area (Å²) < 4.78 is 10.3. The fourth-order valence-electron chi connectivity index (χ4n) is 4.87. The number of rotatable bonds is 4. The summed E-state index contributed by atoms with van der Waals surface area (Å²) in [7, 11) is 1.61. The van der Waals surface area contributed by atoms with Gasteiger partial charge in [-0.3, -0.25) is 9.59 Å². The molecular weight excluding hydrogens is 384 g/mol. The Balaban J connectivity index is 1.49. The van der Waals surface area contributed by atoms with Crippen LogP contribution in [0.3, 0.4) is 0 Å². The standard InChI is InChI=1S/C23H28N2O5/c1-29-10-2-3-16-4-6-17(7-5-16)22-19-13-24(14-21(27)25(19)20(22)15-26)23(28)18-8-11-30-12-9-18/h4-7,18-20,22,26H,8-15H2,1H3/t19-,20+,22-/m0/s1. The van der Waals surface area contributed by atoms with Gasteiger partial charge in [0, 0.05) is 44.3 Å². The van der Waals surface area contributed by atoms with Gasteiger partial charge in [0.05, 0.1) is 25.2 Å². The van der Waals surface area contributed by atoms with E-state index in [2.05, 4.69) is 11.8 Å². The molecule has 1 N–H and O–H groups in total. The largest absolute Gasteiger partial charge is 0.394 e. The Kier molecular flexibility index (Phi) is 6.38. The van der Waals surface area contributed by atoms with Gasteiger partial charge >= 0.3 is 0 Å². The molecule has 0 aliphatic carbocycles. The van der Waals surface area contributed by atoms with E-state index in [0.717, 1.165) is 11.1 Å². The molecule has 2 amide bonds. The molecule has 3 heterocycles. The van der Waals surface area contributed by atoms with Crippen LogP contribution in [0, 0.1) is 17.8 Å². The van der Waals surface area contributed by atoms with Crippen LogP contribution in [-0.2, 0) is 19.1 Å². The number of aliphatic hydroxyl groups is 1. The Morgan fingerprint density at radius 3 is 2.67 bits per heavy atom. The number of piperazine rings is 1. The molecule has 3 fully saturated rings. The highest BCUT2D eigenvalue weighted by molar-refractivity contribution is 5.88. The number of methoxy groups -OCH3 is 1. The van der Waals surface area contributed by atoms with Gasteiger partial charge in [0.2, 0.25) is 11.8 Å². The lowest BCUT2D eigenvalue weighted by Crippen LogP contribution is -2.73. The molecule has 3 saturated heterocycles. The Hall–Kier alpha value is -2.40. The molecular formula is C23H28N2O5. The van der Waals surface area contributed by atoms with Gasteiger partial charge in [-0.05, 0) is 30.5 Å². The smallest absolute Gasteiger partial charge is 0.242 e. The van der Waals surface area contributed by atoms with Crippen molar-refractivity contribution in [2.45, 2.75) is 30.8 Å². The molecule has 3 aliphatic rings. The number of fused-ring (bicyclic) bond motifs is 1. The summed E-state index contributed by atoms with van der Waals surface area (Å²) in [6, 6.07) is 7.57. The predicted octanol–water partition coefficient (Wildman–Crippen LogP) is 0.609. The van der Waals surface area contributed by atoms with E-state index in [-0.39, 0.29) is 48.9 Å². The molecule has 1 aromatic rings. The minimum atomic E-state index is -0.242. The van der Waals surface area contributed by atoms with Gasteiger partial charge in [0.15, 0.2) is 0 Å². The second kappa shape index (κ2) is 9.17. The first-order valence-electron chi connectivity index (χ1n) is 10.5. The van der Waals surface area contributed by atoms with Crippen LogP contribution in [0.15, 0.2) is 24.3 Å². The number of carbonyl (C=O) groups is 2. The molecule has 0 bridgehead atoms. The molecule has 3 aliphatic heterocycles. The van der Waals surface area contributed by atoms with Crippen LogP contribution < -0.4 is 0 Å². The zero-order valence-electron chi connectivity index (χ0n) is 17.3. The number of hydrogen-bond donors (Lipinski definition) is 1. The van der Waals surface area contributed by atoms with E-state index in [0.29, 0.717) is 39.2 Å². The maximum absolute atomic E-state index is 13.0. The van der Waals surface area contributed by atoms with Crippen molar-refractivity contribution in [1.82, 2.24) is 9.80 Å². The minimum Gasteiger partial charge on any atom is -0.394 e. The van der Waals surface area contributed by atoms with Crippen LogP contribution in [0.2, 0.25) is 0 Å². The number of benzene rings is 1. The van der Waals surface area contributed by atoms with Crippen molar-refractivity contribution in [3.63, 3.8) is 0 Å². The lowest BCUT2D eigenvalue weighted by atomic mass is 9.73. The lowest BCUT2D eigenvalue weighted by Gasteiger charge is -2.59. The molecule has 160 valence electrons. The van der Waals surface area contributed by atoms with Gasteiger partial charge in [-0.25, -0.2) is 0 Å². The fraction of sp³-hybridized carbons (Fsp3) is 0.565. The van der Waals surface area contributed by atoms with E-state index < -0.39 is 0 Å². The summed E-state index contributed by atoms with van der Waals surface area (Å²) in [5.74, 6) is 5.89. The summed E-state index contributed by atoms with van der Waals surface area (Å²) in [5, 5.41) is 9.93. The van der Waals surface area contributed by atoms with Crippen LogP contribution >= 0.6 is 0 Å². The van der Waals surface area contributed by atoms with Gasteiger partial charge in [0.1, 0.15) is 6.61 Å². The quantitative estimate of drug-likeness (QED) is 0.733. The summed E-state index contributed by atoms with van der Waals surface area (Å²) in [6.45, 7) is 2.11. The maximum Gasteiger partial charge on any atom is 0.242 e. The van der Waals surface area contributed by atoms with Crippen molar-refractivity contribution < 1.29 is 24.2 Å². The third-order valence-electron chi connectivity index (χ3n) is 6.38. The first-order chi connectivity index (χ1) is 14.6. The zero-order chi connectivity index (χ0) is 21.1. The van der Waals surface area contributed by atoms with Gasteiger partial charge in [0.25, 0.3) is 0 Å². The number of ether oxygens (including phenoxy) is 2. The number of hydrogen-bond acceptors (Lipinski definition) is 5. The average molecular weight is 412 g/mol. The minimum absolute atomic E-state index is 0.00484. The Morgan fingerprint density at radius 2 is 2.00 bits per heavy atom. The molecule has 1 aromatic carbocycles. The Labute approximate surface area is 176 Å². The average Bonchev–Trinajstić information content (AvgIpc) is 2.76. The highest BCUT2D eigenvalue weighted by Crippen LogP contribution is 2.43. The summed E-state index contributed by atoms with van der Waals surface area (Å²) >= 11 is 0. The van der Waals surface area contributed by atoms with E-state index in [1.54, 1.807) is 16.9 Å². The Bertz CT molecular complexity index is 837. The van der Waals surface area contributed by atoms with Crippen molar-refractivity contribution in [1.29, 1.82) is 0 Å². The van der Waals surface area contributed by atoms with Crippen LogP contribution in [0.5, 0.6) is 0 Å². The number of nitrogens with zero attached hydrogens (tertiary/aromatic N) is 2. The molecule has 4 rings (SSSR count). The van der Waals surface area contributed by atoms with Crippen molar-refractivity contribution in [2.24, 2.45) is 5.92 Å². The van der Waals surface area contributed by atoms with E-state index in [4.69, 9.17) is 9.47 Å². The van der Waals surface area contributed by atoms with Crippen LogP contribution in [-0.4, -0.2) is 85.4 Å². The molecule has 30 heavy (non-hydrogen) atoms. The number of carbonyl (C=O) groups excluding carboxylic acids is 2. The van der Waals surface area contributed by atoms with Crippen molar-refractivity contribution in [2.75, 3.05) is 46.6 Å². The van der Waals surface area contributed by atoms with Crippen LogP contribution in [0.25, 0.3) is 0 Å². The maximum atomic E-state index is 13.0. The lowest BCUT2D eigenvalue weighted by molar-refractivity contribution is -0.169. The predicted molar refractivity (Wildman–Crippen MR) is 110 cm³/mol. The molecule has 0 aromatic heterocycles. The van der Waals surface area contributed by atoms with Crippen molar-refractivity contribution in [3.05, 3.63) is 35.4 Å². The number of aliphatic hydroxyl groups excluding tert-OH is 1. The molecule has 0 radical (unpaired) electrons. The monoisotopic (exact) mass is 412 g/mol. The Morgan fingerprint density at radius 1 is 1.27 bits per heavy atom. The molecule has 0 unspecified atom stereocenters. The normalized spacial score (nSPS) is 26.5. The summed E-state index contributed by atoms with van der Waals surface area (Å²) in [4.78, 5) is 29.2. The zero-order valence-corrected chi connectivity index (χ0v) is 17.3. The third kappa shape index (κ3) is 3.95. The van der Waals surface area contributed by atoms with E-state index in [1.807, 2.05) is 24.3 Å². The fourth-order valence-corrected chi connectivity index (χ4v) is 4.87. The summed E-state index contributed by atoms with van der Waals surface area (Å²) in [5.41, 5.74) is 1.95. The number of amides is 2. The molecule has 7 nitrogen and oxygen atoms in total. The molecule has 3 atom stereocenters. The van der Waals surface area contributed by atoms with E-state index >= 15 is 0 Å². The van der Waals surface area contributed by atoms with Crippen LogP contribution in [0.4, 0.5) is 0 Å². The van der Waals surface area contributed by atoms with Crippen molar-refractivity contribution in [3.8, 4) is 11.8 Å². The first-order valence-corrected chi connectivity index (χ1v) is 10.5. The van der Waals surface area contributed by atoms with Crippen LogP contribution in [0.1, 0.15) is 29.9 Å².